The van der Waals surface area contributed by atoms with Crippen LogP contribution in [0.3, 0.4) is 0 Å². The first-order valence-electron chi connectivity index (χ1n) is 6.00. The largest absolute Gasteiger partial charge is 0.312 e. The molecule has 1 heterocycles. The highest BCUT2D eigenvalue weighted by Gasteiger charge is 2.24. The summed E-state index contributed by atoms with van der Waals surface area (Å²) in [5.74, 6) is -1.64. The summed E-state index contributed by atoms with van der Waals surface area (Å²) in [5.41, 5.74) is 2.66. The molecule has 0 saturated carbocycles. The van der Waals surface area contributed by atoms with Gasteiger partial charge in [0, 0.05) is 19.0 Å². The lowest BCUT2D eigenvalue weighted by Crippen LogP contribution is -2.29. The van der Waals surface area contributed by atoms with E-state index in [1.807, 2.05) is 24.3 Å². The molecule has 1 atom stereocenters. The third kappa shape index (κ3) is 1.81. The number of hydrogen-bond donors (Lipinski definition) is 1. The maximum atomic E-state index is 13.9. The second-order valence-electron chi connectivity index (χ2n) is 4.53. The number of benzene rings is 2. The van der Waals surface area contributed by atoms with E-state index in [0.717, 1.165) is 23.7 Å². The zero-order chi connectivity index (χ0) is 12.5. The first kappa shape index (κ1) is 11.4. The molecule has 1 nitrogen and oxygen atoms in total. The van der Waals surface area contributed by atoms with Crippen molar-refractivity contribution in [2.75, 3.05) is 6.54 Å². The summed E-state index contributed by atoms with van der Waals surface area (Å²) in [6.45, 7) is 1.42. The van der Waals surface area contributed by atoms with Crippen LogP contribution in [-0.2, 0) is 6.54 Å². The summed E-state index contributed by atoms with van der Waals surface area (Å²) in [5, 5.41) is 3.25. The van der Waals surface area contributed by atoms with E-state index >= 15 is 0 Å². The van der Waals surface area contributed by atoms with Crippen LogP contribution in [0, 0.1) is 11.6 Å². The van der Waals surface area contributed by atoms with Crippen molar-refractivity contribution in [1.82, 2.24) is 5.32 Å². The number of halogens is 2. The Balaban J connectivity index is 2.11. The Labute approximate surface area is 104 Å². The molecule has 1 aliphatic heterocycles. The van der Waals surface area contributed by atoms with E-state index in [-0.39, 0.29) is 5.92 Å². The van der Waals surface area contributed by atoms with Gasteiger partial charge in [-0.25, -0.2) is 8.78 Å². The van der Waals surface area contributed by atoms with Crippen LogP contribution >= 0.6 is 0 Å². The molecule has 92 valence electrons. The summed E-state index contributed by atoms with van der Waals surface area (Å²) in [6.07, 6.45) is 0. The average Bonchev–Trinajstić information content (AvgIpc) is 2.41. The Hall–Kier alpha value is -1.74. The Morgan fingerprint density at radius 1 is 0.944 bits per heavy atom. The van der Waals surface area contributed by atoms with Crippen molar-refractivity contribution in [2.45, 2.75) is 12.5 Å². The first-order chi connectivity index (χ1) is 8.77. The minimum atomic E-state index is -0.782. The van der Waals surface area contributed by atoms with Gasteiger partial charge < -0.3 is 5.32 Å². The van der Waals surface area contributed by atoms with Crippen molar-refractivity contribution in [3.63, 3.8) is 0 Å². The molecular formula is C15H13F2N. The van der Waals surface area contributed by atoms with Crippen LogP contribution in [0.4, 0.5) is 8.78 Å². The summed E-state index contributed by atoms with van der Waals surface area (Å²) in [6, 6.07) is 12.3. The molecule has 1 N–H and O–H groups in total. The van der Waals surface area contributed by atoms with Gasteiger partial charge in [0.25, 0.3) is 0 Å². The van der Waals surface area contributed by atoms with Crippen molar-refractivity contribution in [3.8, 4) is 0 Å². The molecular weight excluding hydrogens is 232 g/mol. The third-order valence-electron chi connectivity index (χ3n) is 3.45. The molecule has 1 aliphatic rings. The quantitative estimate of drug-likeness (QED) is 0.813. The van der Waals surface area contributed by atoms with Crippen LogP contribution in [0.2, 0.25) is 0 Å². The van der Waals surface area contributed by atoms with Crippen LogP contribution in [-0.4, -0.2) is 6.54 Å². The minimum Gasteiger partial charge on any atom is -0.312 e. The van der Waals surface area contributed by atoms with Crippen LogP contribution < -0.4 is 5.32 Å². The molecule has 3 rings (SSSR count). The summed E-state index contributed by atoms with van der Waals surface area (Å²) in [7, 11) is 0. The standard InChI is InChI=1S/C15H13F2N/c16-14-7-3-6-12(15(14)17)13-9-18-8-10-4-1-2-5-11(10)13/h1-7,13,18H,8-9H2. The minimum absolute atomic E-state index is 0.120. The molecule has 3 heteroatoms. The van der Waals surface area contributed by atoms with Gasteiger partial charge in [-0.05, 0) is 22.8 Å². The highest BCUT2D eigenvalue weighted by atomic mass is 19.2. The Bertz CT molecular complexity index is 580. The Kier molecular flexibility index (Phi) is 2.84. The fourth-order valence-corrected chi connectivity index (χ4v) is 2.56. The zero-order valence-electron chi connectivity index (χ0n) is 9.79. The highest BCUT2D eigenvalue weighted by Crippen LogP contribution is 2.31. The van der Waals surface area contributed by atoms with Crippen LogP contribution in [0.25, 0.3) is 0 Å². The summed E-state index contributed by atoms with van der Waals surface area (Å²) >= 11 is 0. The molecule has 0 radical (unpaired) electrons. The first-order valence-corrected chi connectivity index (χ1v) is 6.00. The number of hydrogen-bond acceptors (Lipinski definition) is 1. The van der Waals surface area contributed by atoms with Crippen molar-refractivity contribution in [1.29, 1.82) is 0 Å². The molecule has 0 aliphatic carbocycles. The van der Waals surface area contributed by atoms with E-state index in [1.54, 1.807) is 12.1 Å². The van der Waals surface area contributed by atoms with Gasteiger partial charge in [-0.15, -0.1) is 0 Å². The second kappa shape index (κ2) is 4.50. The van der Waals surface area contributed by atoms with Crippen LogP contribution in [0.5, 0.6) is 0 Å². The van der Waals surface area contributed by atoms with Crippen LogP contribution in [0.1, 0.15) is 22.6 Å². The van der Waals surface area contributed by atoms with E-state index < -0.39 is 11.6 Å². The molecule has 18 heavy (non-hydrogen) atoms. The third-order valence-corrected chi connectivity index (χ3v) is 3.45. The lowest BCUT2D eigenvalue weighted by Gasteiger charge is -2.27. The molecule has 0 aromatic heterocycles. The van der Waals surface area contributed by atoms with Crippen molar-refractivity contribution >= 4 is 0 Å². The maximum Gasteiger partial charge on any atom is 0.162 e. The number of nitrogens with one attached hydrogen (secondary N) is 1. The maximum absolute atomic E-state index is 13.9. The SMILES string of the molecule is Fc1cccc(C2CNCc3ccccc32)c1F. The Morgan fingerprint density at radius 3 is 2.61 bits per heavy atom. The molecule has 0 fully saturated rings. The van der Waals surface area contributed by atoms with Gasteiger partial charge in [0.15, 0.2) is 11.6 Å². The molecule has 0 amide bonds. The van der Waals surface area contributed by atoms with E-state index in [2.05, 4.69) is 5.32 Å². The lowest BCUT2D eigenvalue weighted by atomic mass is 9.85. The molecule has 2 aromatic carbocycles. The van der Waals surface area contributed by atoms with Crippen molar-refractivity contribution < 1.29 is 8.78 Å². The smallest absolute Gasteiger partial charge is 0.162 e. The Morgan fingerprint density at radius 2 is 1.72 bits per heavy atom. The number of rotatable bonds is 1. The monoisotopic (exact) mass is 245 g/mol. The second-order valence-corrected chi connectivity index (χ2v) is 4.53. The summed E-state index contributed by atoms with van der Waals surface area (Å²) < 4.78 is 27.2. The van der Waals surface area contributed by atoms with E-state index in [1.165, 1.54) is 0 Å². The van der Waals surface area contributed by atoms with Gasteiger partial charge in [-0.1, -0.05) is 36.4 Å². The topological polar surface area (TPSA) is 12.0 Å². The molecule has 1 unspecified atom stereocenters. The molecule has 0 saturated heterocycles. The summed E-state index contributed by atoms with van der Waals surface area (Å²) in [4.78, 5) is 0. The average molecular weight is 245 g/mol. The normalized spacial score (nSPS) is 18.4. The van der Waals surface area contributed by atoms with Crippen molar-refractivity contribution in [2.24, 2.45) is 0 Å². The predicted molar refractivity (Wildman–Crippen MR) is 66.3 cm³/mol. The fraction of sp³-hybridized carbons (Fsp3) is 0.200. The van der Waals surface area contributed by atoms with E-state index in [9.17, 15) is 8.78 Å². The van der Waals surface area contributed by atoms with Crippen molar-refractivity contribution in [3.05, 3.63) is 70.8 Å². The van der Waals surface area contributed by atoms with Gasteiger partial charge in [0.05, 0.1) is 0 Å². The van der Waals surface area contributed by atoms with Gasteiger partial charge in [-0.2, -0.15) is 0 Å². The molecule has 0 bridgehead atoms. The highest BCUT2D eigenvalue weighted by molar-refractivity contribution is 5.40. The van der Waals surface area contributed by atoms with E-state index in [4.69, 9.17) is 0 Å². The predicted octanol–water partition coefficient (Wildman–Crippen LogP) is 3.20. The van der Waals surface area contributed by atoms with E-state index in [0.29, 0.717) is 12.1 Å². The fourth-order valence-electron chi connectivity index (χ4n) is 2.56. The van der Waals surface area contributed by atoms with Gasteiger partial charge in [-0.3, -0.25) is 0 Å². The molecule has 2 aromatic rings. The van der Waals surface area contributed by atoms with Crippen LogP contribution in [0.15, 0.2) is 42.5 Å². The lowest BCUT2D eigenvalue weighted by molar-refractivity contribution is 0.484. The zero-order valence-corrected chi connectivity index (χ0v) is 9.79. The van der Waals surface area contributed by atoms with Gasteiger partial charge in [0.2, 0.25) is 0 Å². The number of fused-ring (bicyclic) bond motifs is 1. The van der Waals surface area contributed by atoms with Gasteiger partial charge >= 0.3 is 0 Å². The van der Waals surface area contributed by atoms with Gasteiger partial charge in [0.1, 0.15) is 0 Å². The molecule has 0 spiro atoms.